The van der Waals surface area contributed by atoms with E-state index in [1.165, 1.54) is 17.8 Å². The molecule has 1 saturated carbocycles. The molecule has 1 aliphatic carbocycles. The van der Waals surface area contributed by atoms with Crippen LogP contribution in [0.5, 0.6) is 0 Å². The van der Waals surface area contributed by atoms with Crippen molar-refractivity contribution in [1.29, 1.82) is 0 Å². The van der Waals surface area contributed by atoms with Crippen LogP contribution in [0.4, 0.5) is 10.1 Å². The molecule has 3 N–H and O–H groups in total. The molecule has 0 bridgehead atoms. The van der Waals surface area contributed by atoms with Gasteiger partial charge in [0.15, 0.2) is 5.82 Å². The monoisotopic (exact) mass is 479 g/mol. The average molecular weight is 480 g/mol. The van der Waals surface area contributed by atoms with Crippen molar-refractivity contribution in [3.8, 4) is 11.1 Å². The van der Waals surface area contributed by atoms with Gasteiger partial charge in [-0.25, -0.2) is 13.9 Å². The summed E-state index contributed by atoms with van der Waals surface area (Å²) in [7, 11) is 0. The second kappa shape index (κ2) is 9.09. The molecule has 1 aliphatic rings. The minimum atomic E-state index is -0.381. The first-order valence-electron chi connectivity index (χ1n) is 11.3. The van der Waals surface area contributed by atoms with Crippen molar-refractivity contribution in [2.75, 3.05) is 5.73 Å². The number of hydrogen-bond acceptors (Lipinski definition) is 6. The standard InChI is InChI=1S/C24H26FN7OS/c1-14-19(11-29-32(14)18-7-5-17(6-8-18)30-15(2)33)16-10-22(23-21(26)12-28-31(23)13-16)34-24-20(25)4-3-9-27-24/h3-4,9-13,17-18H,5-8,26H2,1-2H3,(H,30,33)/t17-,18+. The number of hydrogen-bond donors (Lipinski definition) is 2. The number of amides is 1. The predicted octanol–water partition coefficient (Wildman–Crippen LogP) is 4.39. The minimum Gasteiger partial charge on any atom is -0.396 e. The molecule has 0 atom stereocenters. The lowest BCUT2D eigenvalue weighted by Crippen LogP contribution is -2.36. The highest BCUT2D eigenvalue weighted by atomic mass is 32.2. The number of nitrogens with one attached hydrogen (secondary N) is 1. The Balaban J connectivity index is 1.47. The van der Waals surface area contributed by atoms with Crippen molar-refractivity contribution in [1.82, 2.24) is 29.7 Å². The van der Waals surface area contributed by atoms with Gasteiger partial charge in [-0.05, 0) is 50.8 Å². The Labute approximate surface area is 200 Å². The Hall–Kier alpha value is -3.40. The summed E-state index contributed by atoms with van der Waals surface area (Å²) in [6, 6.07) is 5.49. The van der Waals surface area contributed by atoms with E-state index in [4.69, 9.17) is 10.8 Å². The first kappa shape index (κ1) is 22.4. The number of nitrogens with zero attached hydrogens (tertiary/aromatic N) is 5. The first-order valence-corrected chi connectivity index (χ1v) is 12.1. The summed E-state index contributed by atoms with van der Waals surface area (Å²) in [4.78, 5) is 16.3. The fourth-order valence-electron chi connectivity index (χ4n) is 4.71. The van der Waals surface area contributed by atoms with Gasteiger partial charge in [-0.3, -0.25) is 9.48 Å². The van der Waals surface area contributed by atoms with Crippen molar-refractivity contribution in [2.45, 2.75) is 61.5 Å². The van der Waals surface area contributed by atoms with Gasteiger partial charge in [-0.2, -0.15) is 10.2 Å². The van der Waals surface area contributed by atoms with Crippen molar-refractivity contribution in [2.24, 2.45) is 0 Å². The van der Waals surface area contributed by atoms with E-state index < -0.39 is 0 Å². The SMILES string of the molecule is CC(=O)N[C@H]1CC[C@@H](n2ncc(-c3cc(Sc4ncccc4F)c4c(N)cnn4c3)c2C)CC1. The van der Waals surface area contributed by atoms with Crippen LogP contribution in [-0.4, -0.2) is 36.3 Å². The second-order valence-electron chi connectivity index (χ2n) is 8.67. The van der Waals surface area contributed by atoms with Crippen molar-refractivity contribution >= 4 is 28.9 Å². The third kappa shape index (κ3) is 4.25. The Morgan fingerprint density at radius 2 is 2.03 bits per heavy atom. The fraction of sp³-hybridized carbons (Fsp3) is 0.333. The van der Waals surface area contributed by atoms with Gasteiger partial charge in [0, 0.05) is 47.1 Å². The minimum absolute atomic E-state index is 0.0231. The maximum absolute atomic E-state index is 14.3. The van der Waals surface area contributed by atoms with E-state index in [0.29, 0.717) is 11.7 Å². The molecule has 5 rings (SSSR count). The average Bonchev–Trinajstić information content (AvgIpc) is 3.38. The zero-order chi connectivity index (χ0) is 23.8. The van der Waals surface area contributed by atoms with Gasteiger partial charge in [0.25, 0.3) is 0 Å². The van der Waals surface area contributed by atoms with Crippen LogP contribution in [-0.2, 0) is 4.79 Å². The van der Waals surface area contributed by atoms with Crippen molar-refractivity contribution in [3.63, 3.8) is 0 Å². The van der Waals surface area contributed by atoms with E-state index in [9.17, 15) is 9.18 Å². The molecule has 4 heterocycles. The molecule has 176 valence electrons. The molecule has 10 heteroatoms. The molecule has 4 aromatic heterocycles. The number of nitrogen functional groups attached to an aromatic ring is 1. The molecule has 4 aromatic rings. The normalized spacial score (nSPS) is 18.3. The summed E-state index contributed by atoms with van der Waals surface area (Å²) in [5.74, 6) is -0.358. The van der Waals surface area contributed by atoms with Crippen molar-refractivity contribution in [3.05, 3.63) is 54.5 Å². The number of carbonyl (C=O) groups excluding carboxylic acids is 1. The van der Waals surface area contributed by atoms with E-state index in [1.807, 2.05) is 18.5 Å². The number of fused-ring (bicyclic) bond motifs is 1. The van der Waals surface area contributed by atoms with Crippen LogP contribution < -0.4 is 11.1 Å². The third-order valence-corrected chi connectivity index (χ3v) is 7.37. The van der Waals surface area contributed by atoms with E-state index in [1.54, 1.807) is 29.9 Å². The lowest BCUT2D eigenvalue weighted by molar-refractivity contribution is -0.119. The molecule has 0 unspecified atom stereocenters. The smallest absolute Gasteiger partial charge is 0.217 e. The molecule has 0 aliphatic heterocycles. The molecule has 0 saturated heterocycles. The van der Waals surface area contributed by atoms with E-state index in [2.05, 4.69) is 27.0 Å². The molecule has 0 aromatic carbocycles. The molecule has 0 spiro atoms. The number of aromatic nitrogens is 5. The van der Waals surface area contributed by atoms with Crippen LogP contribution in [0.25, 0.3) is 16.6 Å². The second-order valence-corrected chi connectivity index (χ2v) is 9.70. The maximum Gasteiger partial charge on any atom is 0.217 e. The number of pyridine rings is 2. The van der Waals surface area contributed by atoms with Crippen molar-refractivity contribution < 1.29 is 9.18 Å². The van der Waals surface area contributed by atoms with Crippen LogP contribution in [0.15, 0.2) is 52.9 Å². The third-order valence-electron chi connectivity index (χ3n) is 6.34. The van der Waals surface area contributed by atoms with Gasteiger partial charge in [-0.1, -0.05) is 11.8 Å². The zero-order valence-electron chi connectivity index (χ0n) is 19.0. The van der Waals surface area contributed by atoms with Gasteiger partial charge in [0.2, 0.25) is 5.91 Å². The largest absolute Gasteiger partial charge is 0.396 e. The molecule has 0 radical (unpaired) electrons. The zero-order valence-corrected chi connectivity index (χ0v) is 19.8. The summed E-state index contributed by atoms with van der Waals surface area (Å²) in [5.41, 5.74) is 10.4. The highest BCUT2D eigenvalue weighted by Crippen LogP contribution is 2.38. The molecule has 34 heavy (non-hydrogen) atoms. The van der Waals surface area contributed by atoms with E-state index in [-0.39, 0.29) is 22.8 Å². The Bertz CT molecular complexity index is 1360. The number of carbonyl (C=O) groups is 1. The van der Waals surface area contributed by atoms with Crippen LogP contribution in [0, 0.1) is 12.7 Å². The molecular weight excluding hydrogens is 453 g/mol. The Morgan fingerprint density at radius 1 is 1.24 bits per heavy atom. The quantitative estimate of drug-likeness (QED) is 0.440. The lowest BCUT2D eigenvalue weighted by Gasteiger charge is -2.29. The molecule has 1 amide bonds. The highest BCUT2D eigenvalue weighted by Gasteiger charge is 2.25. The predicted molar refractivity (Wildman–Crippen MR) is 129 cm³/mol. The number of nitrogens with two attached hydrogens (primary N) is 1. The number of halogens is 1. The van der Waals surface area contributed by atoms with Crippen LogP contribution in [0.3, 0.4) is 0 Å². The molecular formula is C24H26FN7OS. The summed E-state index contributed by atoms with van der Waals surface area (Å²) in [6.45, 7) is 3.63. The van der Waals surface area contributed by atoms with Gasteiger partial charge >= 0.3 is 0 Å². The number of rotatable bonds is 5. The van der Waals surface area contributed by atoms with Gasteiger partial charge < -0.3 is 11.1 Å². The molecule has 1 fully saturated rings. The van der Waals surface area contributed by atoms with Crippen LogP contribution in [0.2, 0.25) is 0 Å². The fourth-order valence-corrected chi connectivity index (χ4v) is 5.69. The lowest BCUT2D eigenvalue weighted by atomic mass is 9.91. The van der Waals surface area contributed by atoms with Crippen LogP contribution >= 0.6 is 11.8 Å². The Morgan fingerprint density at radius 3 is 2.76 bits per heavy atom. The molecule has 8 nitrogen and oxygen atoms in total. The maximum atomic E-state index is 14.3. The summed E-state index contributed by atoms with van der Waals surface area (Å²) in [5, 5.41) is 12.4. The Kier molecular flexibility index (Phi) is 5.99. The van der Waals surface area contributed by atoms with Crippen LogP contribution in [0.1, 0.15) is 44.3 Å². The summed E-state index contributed by atoms with van der Waals surface area (Å²) >= 11 is 1.23. The summed E-state index contributed by atoms with van der Waals surface area (Å²) < 4.78 is 18.1. The topological polar surface area (TPSA) is 103 Å². The summed E-state index contributed by atoms with van der Waals surface area (Å²) in [6.07, 6.45) is 10.8. The number of anilines is 1. The van der Waals surface area contributed by atoms with Gasteiger partial charge in [0.1, 0.15) is 10.5 Å². The highest BCUT2D eigenvalue weighted by molar-refractivity contribution is 7.99. The van der Waals surface area contributed by atoms with Gasteiger partial charge in [-0.15, -0.1) is 0 Å². The first-order chi connectivity index (χ1) is 16.4. The van der Waals surface area contributed by atoms with Gasteiger partial charge in [0.05, 0.1) is 24.1 Å². The van der Waals surface area contributed by atoms with E-state index >= 15 is 0 Å². The van der Waals surface area contributed by atoms with E-state index in [0.717, 1.165) is 52.9 Å².